The molecule has 0 atom stereocenters. The summed E-state index contributed by atoms with van der Waals surface area (Å²) in [5, 5.41) is 9.07. The average Bonchev–Trinajstić information content (AvgIpc) is 2.77. The van der Waals surface area contributed by atoms with E-state index in [4.69, 9.17) is 10.00 Å². The van der Waals surface area contributed by atoms with Crippen LogP contribution in [0.15, 0.2) is 24.5 Å². The Kier molecular flexibility index (Phi) is 3.86. The molecule has 98 valence electrons. The third-order valence-corrected chi connectivity index (χ3v) is 3.23. The summed E-state index contributed by atoms with van der Waals surface area (Å²) in [6, 6.07) is 8.35. The number of methoxy groups -OCH3 is 1. The van der Waals surface area contributed by atoms with Gasteiger partial charge in [-0.1, -0.05) is 12.1 Å². The molecular formula is C15H17N3O. The molecule has 0 saturated carbocycles. The van der Waals surface area contributed by atoms with Crippen LogP contribution in [-0.4, -0.2) is 16.7 Å². The second-order valence-corrected chi connectivity index (χ2v) is 4.57. The molecule has 2 rings (SSSR count). The highest BCUT2D eigenvalue weighted by Gasteiger charge is 2.08. The first-order valence-corrected chi connectivity index (χ1v) is 6.19. The fourth-order valence-electron chi connectivity index (χ4n) is 2.16. The molecule has 0 spiro atoms. The first kappa shape index (κ1) is 13.2. The van der Waals surface area contributed by atoms with Gasteiger partial charge in [-0.05, 0) is 37.0 Å². The lowest BCUT2D eigenvalue weighted by atomic mass is 10.0. The number of aromatic nitrogens is 2. The van der Waals surface area contributed by atoms with Crippen LogP contribution in [0.5, 0.6) is 5.75 Å². The van der Waals surface area contributed by atoms with E-state index in [1.54, 1.807) is 18.0 Å². The van der Waals surface area contributed by atoms with Crippen molar-refractivity contribution < 1.29 is 4.74 Å². The lowest BCUT2D eigenvalue weighted by molar-refractivity contribution is 0.411. The zero-order valence-corrected chi connectivity index (χ0v) is 11.5. The van der Waals surface area contributed by atoms with Gasteiger partial charge < -0.3 is 9.30 Å². The molecule has 1 heterocycles. The number of aryl methyl sites for hydroxylation is 4. The average molecular weight is 255 g/mol. The highest BCUT2D eigenvalue weighted by Crippen LogP contribution is 2.19. The molecule has 0 saturated heterocycles. The van der Waals surface area contributed by atoms with Crippen molar-refractivity contribution in [3.05, 3.63) is 47.0 Å². The molecule has 0 amide bonds. The van der Waals surface area contributed by atoms with E-state index in [-0.39, 0.29) is 0 Å². The van der Waals surface area contributed by atoms with Crippen LogP contribution in [0, 0.1) is 18.3 Å². The van der Waals surface area contributed by atoms with Gasteiger partial charge in [-0.25, -0.2) is 4.98 Å². The van der Waals surface area contributed by atoms with Gasteiger partial charge in [0.15, 0.2) is 0 Å². The molecule has 0 aliphatic carbocycles. The molecule has 0 radical (unpaired) electrons. The van der Waals surface area contributed by atoms with Gasteiger partial charge in [0.05, 0.1) is 19.1 Å². The van der Waals surface area contributed by atoms with Crippen molar-refractivity contribution in [3.8, 4) is 11.8 Å². The number of benzene rings is 1. The standard InChI is InChI=1S/C15H17N3O/c1-11-8-12(5-7-15(11)19-3)4-6-13-14(9-16)18(2)10-17-13/h5,7-8,10H,4,6H2,1-3H3. The van der Waals surface area contributed by atoms with Crippen LogP contribution in [0.25, 0.3) is 0 Å². The first-order chi connectivity index (χ1) is 9.15. The lowest BCUT2D eigenvalue weighted by Crippen LogP contribution is -1.98. The Morgan fingerprint density at radius 1 is 1.37 bits per heavy atom. The summed E-state index contributed by atoms with van der Waals surface area (Å²) in [5.74, 6) is 0.902. The van der Waals surface area contributed by atoms with Crippen LogP contribution >= 0.6 is 0 Å². The fraction of sp³-hybridized carbons (Fsp3) is 0.333. The maximum atomic E-state index is 9.07. The minimum absolute atomic E-state index is 0.644. The van der Waals surface area contributed by atoms with Gasteiger partial charge in [0.2, 0.25) is 0 Å². The predicted octanol–water partition coefficient (Wildman–Crippen LogP) is 2.39. The largest absolute Gasteiger partial charge is 0.496 e. The molecule has 2 aromatic rings. The second kappa shape index (κ2) is 5.57. The smallest absolute Gasteiger partial charge is 0.142 e. The van der Waals surface area contributed by atoms with Crippen LogP contribution in [0.4, 0.5) is 0 Å². The Bertz CT molecular complexity index is 623. The van der Waals surface area contributed by atoms with Crippen molar-refractivity contribution in [1.82, 2.24) is 9.55 Å². The number of hydrogen-bond acceptors (Lipinski definition) is 3. The maximum Gasteiger partial charge on any atom is 0.142 e. The molecule has 0 aliphatic heterocycles. The topological polar surface area (TPSA) is 50.8 Å². The molecule has 0 aliphatic rings. The van der Waals surface area contributed by atoms with Crippen molar-refractivity contribution >= 4 is 0 Å². The number of ether oxygens (including phenoxy) is 1. The second-order valence-electron chi connectivity index (χ2n) is 4.57. The van der Waals surface area contributed by atoms with E-state index in [2.05, 4.69) is 23.2 Å². The van der Waals surface area contributed by atoms with Gasteiger partial charge in [-0.15, -0.1) is 0 Å². The van der Waals surface area contributed by atoms with E-state index >= 15 is 0 Å². The normalized spacial score (nSPS) is 10.2. The summed E-state index contributed by atoms with van der Waals surface area (Å²) in [4.78, 5) is 4.27. The molecule has 1 aromatic heterocycles. The SMILES string of the molecule is COc1ccc(CCc2ncn(C)c2C#N)cc1C. The highest BCUT2D eigenvalue weighted by atomic mass is 16.5. The van der Waals surface area contributed by atoms with Crippen LogP contribution in [0.3, 0.4) is 0 Å². The van der Waals surface area contributed by atoms with Crippen molar-refractivity contribution in [2.45, 2.75) is 19.8 Å². The molecule has 0 unspecified atom stereocenters. The van der Waals surface area contributed by atoms with Gasteiger partial charge >= 0.3 is 0 Å². The zero-order chi connectivity index (χ0) is 13.8. The quantitative estimate of drug-likeness (QED) is 0.843. The summed E-state index contributed by atoms with van der Waals surface area (Å²) in [6.45, 7) is 2.03. The minimum atomic E-state index is 0.644. The molecule has 19 heavy (non-hydrogen) atoms. The number of rotatable bonds is 4. The molecular weight excluding hydrogens is 238 g/mol. The molecule has 4 nitrogen and oxygen atoms in total. The summed E-state index contributed by atoms with van der Waals surface area (Å²) in [6.07, 6.45) is 3.33. The number of nitriles is 1. The monoisotopic (exact) mass is 255 g/mol. The van der Waals surface area contributed by atoms with Crippen LogP contribution in [0.1, 0.15) is 22.5 Å². The van der Waals surface area contributed by atoms with E-state index in [9.17, 15) is 0 Å². The Morgan fingerprint density at radius 2 is 2.16 bits per heavy atom. The van der Waals surface area contributed by atoms with Crippen molar-refractivity contribution in [3.63, 3.8) is 0 Å². The molecule has 0 N–H and O–H groups in total. The van der Waals surface area contributed by atoms with E-state index in [0.29, 0.717) is 5.69 Å². The van der Waals surface area contributed by atoms with Crippen molar-refractivity contribution in [1.29, 1.82) is 5.26 Å². The molecule has 0 bridgehead atoms. The summed E-state index contributed by atoms with van der Waals surface area (Å²) < 4.78 is 7.00. The van der Waals surface area contributed by atoms with E-state index in [0.717, 1.165) is 29.8 Å². The van der Waals surface area contributed by atoms with E-state index < -0.39 is 0 Å². The Balaban J connectivity index is 2.11. The predicted molar refractivity (Wildman–Crippen MR) is 73.1 cm³/mol. The number of nitrogens with zero attached hydrogens (tertiary/aromatic N) is 3. The van der Waals surface area contributed by atoms with Crippen molar-refractivity contribution in [2.24, 2.45) is 7.05 Å². The minimum Gasteiger partial charge on any atom is -0.496 e. The van der Waals surface area contributed by atoms with E-state index in [1.165, 1.54) is 5.56 Å². The van der Waals surface area contributed by atoms with Gasteiger partial charge in [-0.2, -0.15) is 5.26 Å². The van der Waals surface area contributed by atoms with Gasteiger partial charge in [-0.3, -0.25) is 0 Å². The number of imidazole rings is 1. The Hall–Kier alpha value is -2.28. The third kappa shape index (κ3) is 2.76. The Morgan fingerprint density at radius 3 is 2.79 bits per heavy atom. The van der Waals surface area contributed by atoms with Gasteiger partial charge in [0.25, 0.3) is 0 Å². The number of hydrogen-bond donors (Lipinski definition) is 0. The summed E-state index contributed by atoms with van der Waals surface area (Å²) in [7, 11) is 3.52. The van der Waals surface area contributed by atoms with Gasteiger partial charge in [0, 0.05) is 7.05 Å². The van der Waals surface area contributed by atoms with Crippen LogP contribution in [-0.2, 0) is 19.9 Å². The lowest BCUT2D eigenvalue weighted by Gasteiger charge is -2.07. The summed E-state index contributed by atoms with van der Waals surface area (Å²) >= 11 is 0. The Labute approximate surface area is 113 Å². The highest BCUT2D eigenvalue weighted by molar-refractivity contribution is 5.36. The summed E-state index contributed by atoms with van der Waals surface area (Å²) in [5.41, 5.74) is 3.86. The molecule has 1 aromatic carbocycles. The maximum absolute atomic E-state index is 9.07. The first-order valence-electron chi connectivity index (χ1n) is 6.19. The molecule has 4 heteroatoms. The third-order valence-electron chi connectivity index (χ3n) is 3.23. The van der Waals surface area contributed by atoms with Crippen molar-refractivity contribution in [2.75, 3.05) is 7.11 Å². The van der Waals surface area contributed by atoms with E-state index in [1.807, 2.05) is 20.0 Å². The molecule has 0 fully saturated rings. The zero-order valence-electron chi connectivity index (χ0n) is 11.5. The van der Waals surface area contributed by atoms with Crippen LogP contribution in [0.2, 0.25) is 0 Å². The fourth-order valence-corrected chi connectivity index (χ4v) is 2.16. The van der Waals surface area contributed by atoms with Crippen LogP contribution < -0.4 is 4.74 Å². The van der Waals surface area contributed by atoms with Gasteiger partial charge in [0.1, 0.15) is 17.5 Å².